The average Bonchev–Trinajstić information content (AvgIpc) is 3.71. The van der Waals surface area contributed by atoms with E-state index >= 15 is 0 Å². The summed E-state index contributed by atoms with van der Waals surface area (Å²) in [4.78, 5) is 18.6. The summed E-state index contributed by atoms with van der Waals surface area (Å²) in [6.45, 7) is 7.63. The number of para-hydroxylation sites is 1. The minimum Gasteiger partial charge on any atom is -0.494 e. The zero-order chi connectivity index (χ0) is 29.1. The molecule has 6 aromatic rings. The Morgan fingerprint density at radius 2 is 1.57 bits per heavy atom. The molecule has 0 unspecified atom stereocenters. The minimum absolute atomic E-state index is 0.215. The van der Waals surface area contributed by atoms with Crippen LogP contribution in [0.5, 0.6) is 11.5 Å². The van der Waals surface area contributed by atoms with Gasteiger partial charge in [0.1, 0.15) is 17.2 Å². The number of aromatic nitrogens is 5. The highest BCUT2D eigenvalue weighted by molar-refractivity contribution is 7.15. The summed E-state index contributed by atoms with van der Waals surface area (Å²) in [5.74, 6) is 2.56. The molecular weight excluding hydrogens is 546 g/mol. The Morgan fingerprint density at radius 1 is 0.881 bits per heavy atom. The number of rotatable bonds is 10. The highest BCUT2D eigenvalue weighted by Crippen LogP contribution is 2.27. The van der Waals surface area contributed by atoms with E-state index < -0.39 is 0 Å². The molecule has 9 heteroatoms. The van der Waals surface area contributed by atoms with Crippen LogP contribution in [-0.4, -0.2) is 37.6 Å². The lowest BCUT2D eigenvalue weighted by Gasteiger charge is -2.09. The quantitative estimate of drug-likeness (QED) is 0.197. The van der Waals surface area contributed by atoms with Crippen molar-refractivity contribution in [3.8, 4) is 39.8 Å². The zero-order valence-corrected chi connectivity index (χ0v) is 24.5. The van der Waals surface area contributed by atoms with Crippen molar-refractivity contribution >= 4 is 22.4 Å². The van der Waals surface area contributed by atoms with Crippen LogP contribution in [0.15, 0.2) is 89.9 Å². The van der Waals surface area contributed by atoms with Crippen LogP contribution < -0.4 is 19.6 Å². The number of hydrogen-bond donors (Lipinski definition) is 0. The van der Waals surface area contributed by atoms with Crippen molar-refractivity contribution in [3.63, 3.8) is 0 Å². The lowest BCUT2D eigenvalue weighted by Crippen LogP contribution is -2.23. The van der Waals surface area contributed by atoms with Crippen molar-refractivity contribution in [3.05, 3.63) is 106 Å². The first-order valence-electron chi connectivity index (χ1n) is 14.0. The molecule has 0 spiro atoms. The number of benzene rings is 3. The van der Waals surface area contributed by atoms with Crippen LogP contribution in [0.3, 0.4) is 0 Å². The second-order valence-electron chi connectivity index (χ2n) is 10.4. The Hall–Kier alpha value is -4.76. The fourth-order valence-corrected chi connectivity index (χ4v) is 5.32. The summed E-state index contributed by atoms with van der Waals surface area (Å²) in [6, 6.07) is 25.4. The molecule has 0 saturated carbocycles. The van der Waals surface area contributed by atoms with Crippen molar-refractivity contribution in [2.75, 3.05) is 13.2 Å². The second kappa shape index (κ2) is 12.0. The molecule has 0 saturated heterocycles. The van der Waals surface area contributed by atoms with Gasteiger partial charge in [-0.05, 0) is 79.1 Å². The Bertz CT molecular complexity index is 1910. The van der Waals surface area contributed by atoms with E-state index in [9.17, 15) is 4.79 Å². The topological polar surface area (TPSA) is 83.5 Å². The van der Waals surface area contributed by atoms with E-state index in [0.717, 1.165) is 46.0 Å². The summed E-state index contributed by atoms with van der Waals surface area (Å²) >= 11 is 1.31. The molecule has 3 heterocycles. The molecule has 0 aliphatic rings. The first-order chi connectivity index (χ1) is 20.5. The van der Waals surface area contributed by atoms with E-state index in [1.165, 1.54) is 15.9 Å². The minimum atomic E-state index is -0.215. The maximum Gasteiger partial charge on any atom is 0.291 e. The lowest BCUT2D eigenvalue weighted by molar-refractivity contribution is 0.271. The van der Waals surface area contributed by atoms with Gasteiger partial charge in [-0.2, -0.15) is 14.6 Å². The predicted molar refractivity (Wildman–Crippen MR) is 166 cm³/mol. The highest BCUT2D eigenvalue weighted by Gasteiger charge is 2.15. The van der Waals surface area contributed by atoms with Crippen LogP contribution in [0.1, 0.15) is 32.8 Å². The van der Waals surface area contributed by atoms with Gasteiger partial charge in [-0.25, -0.2) is 4.68 Å². The smallest absolute Gasteiger partial charge is 0.291 e. The van der Waals surface area contributed by atoms with E-state index in [1.807, 2.05) is 95.8 Å². The van der Waals surface area contributed by atoms with Crippen molar-refractivity contribution in [2.24, 2.45) is 5.92 Å². The Labute approximate surface area is 247 Å². The normalized spacial score (nSPS) is 12.0. The van der Waals surface area contributed by atoms with Crippen molar-refractivity contribution < 1.29 is 9.47 Å². The van der Waals surface area contributed by atoms with Gasteiger partial charge < -0.3 is 9.47 Å². The highest BCUT2D eigenvalue weighted by atomic mass is 32.1. The molecule has 0 atom stereocenters. The molecule has 3 aromatic carbocycles. The molecule has 3 aromatic heterocycles. The summed E-state index contributed by atoms with van der Waals surface area (Å²) < 4.78 is 15.3. The van der Waals surface area contributed by atoms with Crippen LogP contribution in [0, 0.1) is 5.92 Å². The third-order valence-electron chi connectivity index (χ3n) is 6.53. The van der Waals surface area contributed by atoms with Gasteiger partial charge in [0.2, 0.25) is 4.96 Å². The molecule has 0 bridgehead atoms. The van der Waals surface area contributed by atoms with Crippen LogP contribution >= 0.6 is 11.3 Å². The SMILES string of the molecule is CCCOc1ccc(-c2nc3sc(=Cc4cn(-c5ccccc5)nc4-c4ccc(OCC(C)C)cc4)c(=O)n3n2)cc1. The van der Waals surface area contributed by atoms with Gasteiger partial charge in [-0.15, -0.1) is 5.10 Å². The standard InChI is InChI=1S/C33H31N5O3S/c1-4-18-40-27-16-12-24(13-17-27)31-34-33-38(36-31)32(39)29(42-33)19-25-20-37(26-8-6-5-7-9-26)35-30(25)23-10-14-28(15-11-23)41-21-22(2)3/h5-17,19-20,22H,4,18,21H2,1-3H3. The predicted octanol–water partition coefficient (Wildman–Crippen LogP) is 6.04. The van der Waals surface area contributed by atoms with E-state index in [1.54, 1.807) is 0 Å². The van der Waals surface area contributed by atoms with Gasteiger partial charge in [-0.3, -0.25) is 4.79 Å². The Kier molecular flexibility index (Phi) is 7.83. The maximum atomic E-state index is 13.4. The molecule has 0 fully saturated rings. The molecule has 0 amide bonds. The lowest BCUT2D eigenvalue weighted by atomic mass is 10.1. The van der Waals surface area contributed by atoms with E-state index in [-0.39, 0.29) is 5.56 Å². The number of fused-ring (bicyclic) bond motifs is 1. The third kappa shape index (κ3) is 5.82. The van der Waals surface area contributed by atoms with E-state index in [2.05, 4.69) is 30.9 Å². The van der Waals surface area contributed by atoms with Crippen LogP contribution in [0.25, 0.3) is 39.4 Å². The number of hydrogen-bond acceptors (Lipinski definition) is 7. The van der Waals surface area contributed by atoms with Crippen molar-refractivity contribution in [1.82, 2.24) is 24.4 Å². The van der Waals surface area contributed by atoms with Crippen LogP contribution in [0.4, 0.5) is 0 Å². The largest absolute Gasteiger partial charge is 0.494 e. The van der Waals surface area contributed by atoms with Crippen LogP contribution in [0.2, 0.25) is 0 Å². The number of nitrogens with zero attached hydrogens (tertiary/aromatic N) is 5. The molecule has 0 aliphatic heterocycles. The average molecular weight is 578 g/mol. The monoisotopic (exact) mass is 577 g/mol. The summed E-state index contributed by atoms with van der Waals surface area (Å²) in [5.41, 5.74) is 4.04. The number of thiazole rings is 1. The van der Waals surface area contributed by atoms with E-state index in [0.29, 0.717) is 34.4 Å². The molecule has 0 aliphatic carbocycles. The van der Waals surface area contributed by atoms with Gasteiger partial charge in [0.05, 0.1) is 23.4 Å². The molecule has 6 rings (SSSR count). The maximum absolute atomic E-state index is 13.4. The Morgan fingerprint density at radius 3 is 2.24 bits per heavy atom. The third-order valence-corrected chi connectivity index (χ3v) is 7.49. The van der Waals surface area contributed by atoms with Gasteiger partial charge >= 0.3 is 0 Å². The summed E-state index contributed by atoms with van der Waals surface area (Å²) in [6.07, 6.45) is 4.76. The molecule has 8 nitrogen and oxygen atoms in total. The number of ether oxygens (including phenoxy) is 2. The van der Waals surface area contributed by atoms with Crippen molar-refractivity contribution in [2.45, 2.75) is 27.2 Å². The van der Waals surface area contributed by atoms with Gasteiger partial charge in [0.25, 0.3) is 5.56 Å². The summed E-state index contributed by atoms with van der Waals surface area (Å²) in [5, 5.41) is 9.42. The van der Waals surface area contributed by atoms with Crippen molar-refractivity contribution in [1.29, 1.82) is 0 Å². The van der Waals surface area contributed by atoms with E-state index in [4.69, 9.17) is 14.6 Å². The molecule has 0 N–H and O–H groups in total. The second-order valence-corrected chi connectivity index (χ2v) is 11.4. The molecule has 0 radical (unpaired) electrons. The molecule has 42 heavy (non-hydrogen) atoms. The fraction of sp³-hybridized carbons (Fsp3) is 0.212. The summed E-state index contributed by atoms with van der Waals surface area (Å²) in [7, 11) is 0. The fourth-order valence-electron chi connectivity index (χ4n) is 4.42. The molecular formula is C33H31N5O3S. The first kappa shape index (κ1) is 27.4. The first-order valence-corrected chi connectivity index (χ1v) is 14.8. The van der Waals surface area contributed by atoms with Crippen LogP contribution in [-0.2, 0) is 0 Å². The zero-order valence-electron chi connectivity index (χ0n) is 23.7. The Balaban J connectivity index is 1.36. The van der Waals surface area contributed by atoms with Gasteiger partial charge in [-0.1, -0.05) is 50.3 Å². The molecule has 212 valence electrons. The van der Waals surface area contributed by atoms with Gasteiger partial charge in [0, 0.05) is 22.9 Å². The van der Waals surface area contributed by atoms with Gasteiger partial charge in [0.15, 0.2) is 5.82 Å².